The van der Waals surface area contributed by atoms with E-state index in [0.717, 1.165) is 41.5 Å². The van der Waals surface area contributed by atoms with Crippen LogP contribution in [0.5, 0.6) is 5.75 Å². The van der Waals surface area contributed by atoms with Crippen LogP contribution in [0.4, 0.5) is 0 Å². The van der Waals surface area contributed by atoms with Crippen molar-refractivity contribution in [2.75, 3.05) is 26.8 Å². The Labute approximate surface area is 182 Å². The summed E-state index contributed by atoms with van der Waals surface area (Å²) in [5.74, 6) is 0.901. The Bertz CT molecular complexity index is 1100. The van der Waals surface area contributed by atoms with Crippen LogP contribution in [-0.2, 0) is 28.0 Å². The monoisotopic (exact) mass is 419 g/mol. The van der Waals surface area contributed by atoms with Crippen LogP contribution in [0.15, 0.2) is 48.7 Å². The molecule has 5 rings (SSSR count). The molecule has 1 aromatic heterocycles. The molecule has 2 aliphatic heterocycles. The summed E-state index contributed by atoms with van der Waals surface area (Å²) in [6.45, 7) is 2.02. The molecule has 1 spiro atoms. The van der Waals surface area contributed by atoms with Crippen molar-refractivity contribution in [3.63, 3.8) is 0 Å². The smallest absolute Gasteiger partial charge is 0.239 e. The Kier molecular flexibility index (Phi) is 5.20. The number of piperidine rings is 1. The number of nitrogens with zero attached hydrogens (tertiary/aromatic N) is 1. The molecule has 0 radical (unpaired) electrons. The molecule has 1 fully saturated rings. The first kappa shape index (κ1) is 20.1. The second-order valence-corrected chi connectivity index (χ2v) is 8.61. The van der Waals surface area contributed by atoms with Gasteiger partial charge in [-0.2, -0.15) is 0 Å². The van der Waals surface area contributed by atoms with Crippen molar-refractivity contribution in [3.05, 3.63) is 65.4 Å². The summed E-state index contributed by atoms with van der Waals surface area (Å²) in [5.41, 5.74) is 10.7. The van der Waals surface area contributed by atoms with E-state index in [-0.39, 0.29) is 11.5 Å². The number of aromatic amines is 1. The summed E-state index contributed by atoms with van der Waals surface area (Å²) in [7, 11) is 1.69. The van der Waals surface area contributed by atoms with E-state index in [0.29, 0.717) is 26.1 Å². The Morgan fingerprint density at radius 2 is 2.06 bits per heavy atom. The molecule has 3 aromatic rings. The molecular weight excluding hydrogens is 390 g/mol. The summed E-state index contributed by atoms with van der Waals surface area (Å²) in [6.07, 6.45) is 4.97. The van der Waals surface area contributed by atoms with Crippen LogP contribution in [0.1, 0.15) is 29.5 Å². The Hall–Kier alpha value is -2.83. The lowest BCUT2D eigenvalue weighted by Gasteiger charge is -2.45. The molecule has 0 saturated carbocycles. The Morgan fingerprint density at radius 3 is 2.87 bits per heavy atom. The second kappa shape index (κ2) is 8.02. The standard InChI is InChI=1S/C25H29N3O3/c1-30-19-6-7-21-17(14-19)8-13-31-25(21)9-11-28(12-10-25)24(29)22(26)15-18-16-27-23-5-3-2-4-20(18)23/h2-7,14,16,22,27H,8-13,15,26H2,1H3/t22-/m1/s1. The molecule has 31 heavy (non-hydrogen) atoms. The van der Waals surface area contributed by atoms with E-state index in [4.69, 9.17) is 15.2 Å². The van der Waals surface area contributed by atoms with Crippen molar-refractivity contribution >= 4 is 16.8 Å². The summed E-state index contributed by atoms with van der Waals surface area (Å²) in [4.78, 5) is 18.3. The van der Waals surface area contributed by atoms with Crippen LogP contribution in [-0.4, -0.2) is 48.6 Å². The maximum atomic E-state index is 13.1. The molecule has 6 heteroatoms. The third-order valence-electron chi connectivity index (χ3n) is 6.87. The highest BCUT2D eigenvalue weighted by Gasteiger charge is 2.42. The normalized spacial score (nSPS) is 18.7. The number of H-pyrrole nitrogens is 1. The van der Waals surface area contributed by atoms with Gasteiger partial charge in [-0.05, 0) is 60.6 Å². The molecule has 2 aliphatic rings. The predicted octanol–water partition coefficient (Wildman–Crippen LogP) is 3.14. The quantitative estimate of drug-likeness (QED) is 0.681. The number of benzene rings is 2. The first-order valence-corrected chi connectivity index (χ1v) is 11.0. The maximum absolute atomic E-state index is 13.1. The topological polar surface area (TPSA) is 80.6 Å². The minimum absolute atomic E-state index is 0.0193. The lowest BCUT2D eigenvalue weighted by Crippen LogP contribution is -2.52. The number of aromatic nitrogens is 1. The zero-order valence-corrected chi connectivity index (χ0v) is 17.9. The number of methoxy groups -OCH3 is 1. The highest BCUT2D eigenvalue weighted by molar-refractivity contribution is 5.86. The number of hydrogen-bond donors (Lipinski definition) is 2. The van der Waals surface area contributed by atoms with Crippen LogP contribution in [0, 0.1) is 0 Å². The molecular formula is C25H29N3O3. The van der Waals surface area contributed by atoms with Crippen LogP contribution in [0.3, 0.4) is 0 Å². The number of carbonyl (C=O) groups excluding carboxylic acids is 1. The minimum Gasteiger partial charge on any atom is -0.497 e. The zero-order valence-electron chi connectivity index (χ0n) is 17.9. The van der Waals surface area contributed by atoms with Crippen molar-refractivity contribution in [3.8, 4) is 5.75 Å². The third kappa shape index (κ3) is 3.60. The highest BCUT2D eigenvalue weighted by atomic mass is 16.5. The first-order chi connectivity index (χ1) is 15.1. The van der Waals surface area contributed by atoms with Gasteiger partial charge in [0.1, 0.15) is 5.75 Å². The minimum atomic E-state index is -0.544. The average Bonchev–Trinajstić information content (AvgIpc) is 3.22. The predicted molar refractivity (Wildman–Crippen MR) is 120 cm³/mol. The fraction of sp³-hybridized carbons (Fsp3) is 0.400. The van der Waals surface area contributed by atoms with Crippen LogP contribution >= 0.6 is 0 Å². The molecule has 1 atom stereocenters. The molecule has 3 heterocycles. The highest BCUT2D eigenvalue weighted by Crippen LogP contribution is 2.42. The lowest BCUT2D eigenvalue weighted by atomic mass is 9.79. The molecule has 0 bridgehead atoms. The van der Waals surface area contributed by atoms with E-state index < -0.39 is 6.04 Å². The van der Waals surface area contributed by atoms with Crippen molar-refractivity contribution in [1.82, 2.24) is 9.88 Å². The Balaban J connectivity index is 1.27. The van der Waals surface area contributed by atoms with E-state index in [1.807, 2.05) is 35.4 Å². The number of rotatable bonds is 4. The fourth-order valence-corrected chi connectivity index (χ4v) is 5.14. The summed E-state index contributed by atoms with van der Waals surface area (Å²) in [5, 5.41) is 1.13. The van der Waals surface area contributed by atoms with Gasteiger partial charge in [0, 0.05) is 30.2 Å². The van der Waals surface area contributed by atoms with Gasteiger partial charge in [-0.3, -0.25) is 4.79 Å². The summed E-state index contributed by atoms with van der Waals surface area (Å²) in [6, 6.07) is 13.8. The molecule has 2 aromatic carbocycles. The van der Waals surface area contributed by atoms with Crippen molar-refractivity contribution < 1.29 is 14.3 Å². The van der Waals surface area contributed by atoms with Gasteiger partial charge in [0.25, 0.3) is 0 Å². The van der Waals surface area contributed by atoms with E-state index in [9.17, 15) is 4.79 Å². The number of ether oxygens (including phenoxy) is 2. The molecule has 1 amide bonds. The summed E-state index contributed by atoms with van der Waals surface area (Å²) < 4.78 is 11.7. The largest absolute Gasteiger partial charge is 0.497 e. The van der Waals surface area contributed by atoms with Crippen LogP contribution in [0.25, 0.3) is 10.9 Å². The van der Waals surface area contributed by atoms with Gasteiger partial charge in [-0.1, -0.05) is 24.3 Å². The van der Waals surface area contributed by atoms with Crippen LogP contribution < -0.4 is 10.5 Å². The second-order valence-electron chi connectivity index (χ2n) is 8.61. The van der Waals surface area contributed by atoms with Gasteiger partial charge in [0.2, 0.25) is 5.91 Å². The SMILES string of the molecule is COc1ccc2c(c1)CCOC21CCN(C(=O)[C@H](N)Cc2c[nH]c3ccccc23)CC1. The summed E-state index contributed by atoms with van der Waals surface area (Å²) >= 11 is 0. The molecule has 162 valence electrons. The number of nitrogens with two attached hydrogens (primary N) is 1. The maximum Gasteiger partial charge on any atom is 0.239 e. The van der Waals surface area contributed by atoms with Gasteiger partial charge < -0.3 is 25.1 Å². The molecule has 0 aliphatic carbocycles. The van der Waals surface area contributed by atoms with Gasteiger partial charge in [-0.25, -0.2) is 0 Å². The Morgan fingerprint density at radius 1 is 1.26 bits per heavy atom. The van der Waals surface area contributed by atoms with Gasteiger partial charge in [0.05, 0.1) is 25.4 Å². The number of nitrogens with one attached hydrogen (secondary N) is 1. The number of hydrogen-bond acceptors (Lipinski definition) is 4. The number of likely N-dealkylation sites (tertiary alicyclic amines) is 1. The number of fused-ring (bicyclic) bond motifs is 3. The van der Waals surface area contributed by atoms with Gasteiger partial charge in [-0.15, -0.1) is 0 Å². The number of amides is 1. The van der Waals surface area contributed by atoms with Crippen molar-refractivity contribution in [1.29, 1.82) is 0 Å². The van der Waals surface area contributed by atoms with E-state index in [1.165, 1.54) is 11.1 Å². The van der Waals surface area contributed by atoms with Crippen LogP contribution in [0.2, 0.25) is 0 Å². The number of para-hydroxylation sites is 1. The first-order valence-electron chi connectivity index (χ1n) is 11.0. The zero-order chi connectivity index (χ0) is 21.4. The van der Waals surface area contributed by atoms with E-state index >= 15 is 0 Å². The average molecular weight is 420 g/mol. The third-order valence-corrected chi connectivity index (χ3v) is 6.87. The lowest BCUT2D eigenvalue weighted by molar-refractivity contribution is -0.142. The van der Waals surface area contributed by atoms with Crippen molar-refractivity contribution in [2.24, 2.45) is 5.73 Å². The van der Waals surface area contributed by atoms with Gasteiger partial charge in [0.15, 0.2) is 0 Å². The van der Waals surface area contributed by atoms with Crippen molar-refractivity contribution in [2.45, 2.75) is 37.3 Å². The molecule has 6 nitrogen and oxygen atoms in total. The van der Waals surface area contributed by atoms with E-state index in [1.54, 1.807) is 7.11 Å². The number of carbonyl (C=O) groups is 1. The molecule has 1 saturated heterocycles. The molecule has 0 unspecified atom stereocenters. The van der Waals surface area contributed by atoms with Gasteiger partial charge >= 0.3 is 0 Å². The fourth-order valence-electron chi connectivity index (χ4n) is 5.14. The molecule has 3 N–H and O–H groups in total. The van der Waals surface area contributed by atoms with E-state index in [2.05, 4.69) is 23.2 Å².